The van der Waals surface area contributed by atoms with Crippen molar-refractivity contribution >= 4 is 27.3 Å². The first-order valence-corrected chi connectivity index (χ1v) is 13.2. The molecule has 0 saturated carbocycles. The number of rotatable bonds is 10. The number of hydrogen-bond donors (Lipinski definition) is 2. The first kappa shape index (κ1) is 24.5. The van der Waals surface area contributed by atoms with E-state index in [2.05, 4.69) is 15.0 Å². The Morgan fingerprint density at radius 3 is 2.62 bits per heavy atom. The lowest BCUT2D eigenvalue weighted by Gasteiger charge is -2.22. The van der Waals surface area contributed by atoms with Gasteiger partial charge in [-0.1, -0.05) is 13.8 Å². The average Bonchev–Trinajstić information content (AvgIpc) is 3.02. The van der Waals surface area contributed by atoms with Gasteiger partial charge in [-0.25, -0.2) is 13.4 Å². The van der Waals surface area contributed by atoms with Crippen molar-refractivity contribution < 1.29 is 22.7 Å². The maximum Gasteiger partial charge on any atom is 0.241 e. The molecule has 0 bridgehead atoms. The molecule has 0 spiro atoms. The minimum absolute atomic E-state index is 0.0407. The number of benzene rings is 1. The number of nitrogens with zero attached hydrogens (tertiary/aromatic N) is 1. The molecule has 1 amide bonds. The highest BCUT2D eigenvalue weighted by Crippen LogP contribution is 2.32. The molecule has 0 fully saturated rings. The molecule has 10 heteroatoms. The fourth-order valence-corrected chi connectivity index (χ4v) is 5.46. The molecule has 2 aromatic rings. The number of unbranched alkanes of at least 4 members (excludes halogenated alkanes) is 1. The Morgan fingerprint density at radius 1 is 1.19 bits per heavy atom. The number of carbonyl (C=O) groups excluding carboxylic acids is 1. The van der Waals surface area contributed by atoms with Gasteiger partial charge in [0.05, 0.1) is 23.1 Å². The summed E-state index contributed by atoms with van der Waals surface area (Å²) in [5.41, 5.74) is 1.03. The Morgan fingerprint density at radius 2 is 1.94 bits per heavy atom. The van der Waals surface area contributed by atoms with Crippen LogP contribution in [0.25, 0.3) is 0 Å². The fraction of sp³-hybridized carbons (Fsp3) is 0.545. The summed E-state index contributed by atoms with van der Waals surface area (Å²) < 4.78 is 39.6. The SMILES string of the molecule is Cc1csc(CCCCNC(=O)C(NS(=O)(=O)c2ccc3c(c2)OCCCO3)C(C)C)n1. The summed E-state index contributed by atoms with van der Waals surface area (Å²) in [6, 6.07) is 3.62. The third-order valence-electron chi connectivity index (χ3n) is 5.04. The number of fused-ring (bicyclic) bond motifs is 1. The van der Waals surface area contributed by atoms with Gasteiger partial charge < -0.3 is 14.8 Å². The summed E-state index contributed by atoms with van der Waals surface area (Å²) in [5, 5.41) is 5.98. The van der Waals surface area contributed by atoms with Crippen molar-refractivity contribution in [3.63, 3.8) is 0 Å². The van der Waals surface area contributed by atoms with Crippen LogP contribution in [0.5, 0.6) is 11.5 Å². The Hall–Kier alpha value is -2.17. The summed E-state index contributed by atoms with van der Waals surface area (Å²) in [4.78, 5) is 17.2. The largest absolute Gasteiger partial charge is 0.490 e. The van der Waals surface area contributed by atoms with Crippen LogP contribution in [-0.2, 0) is 21.2 Å². The van der Waals surface area contributed by atoms with Gasteiger partial charge in [0.25, 0.3) is 0 Å². The van der Waals surface area contributed by atoms with Crippen LogP contribution >= 0.6 is 11.3 Å². The lowest BCUT2D eigenvalue weighted by molar-refractivity contribution is -0.123. The molecule has 1 aromatic heterocycles. The number of sulfonamides is 1. The third kappa shape index (κ3) is 6.66. The van der Waals surface area contributed by atoms with E-state index in [1.54, 1.807) is 17.4 Å². The monoisotopic (exact) mass is 481 g/mol. The molecular formula is C22H31N3O5S2. The van der Waals surface area contributed by atoms with E-state index >= 15 is 0 Å². The quantitative estimate of drug-likeness (QED) is 0.505. The topological polar surface area (TPSA) is 107 Å². The van der Waals surface area contributed by atoms with Gasteiger partial charge in [0.15, 0.2) is 11.5 Å². The standard InChI is InChI=1S/C22H31N3O5S2/c1-15(2)21(22(26)23-10-5-4-7-20-24-16(3)14-31-20)25-32(27,28)17-8-9-18-19(13-17)30-12-6-11-29-18/h8-9,13-15,21,25H,4-7,10-12H2,1-3H3,(H,23,26). The lowest BCUT2D eigenvalue weighted by Crippen LogP contribution is -2.49. The highest BCUT2D eigenvalue weighted by atomic mass is 32.2. The molecule has 8 nitrogen and oxygen atoms in total. The summed E-state index contributed by atoms with van der Waals surface area (Å²) in [5.74, 6) is 0.366. The van der Waals surface area contributed by atoms with Gasteiger partial charge in [0.2, 0.25) is 15.9 Å². The number of ether oxygens (including phenoxy) is 2. The van der Waals surface area contributed by atoms with Crippen LogP contribution < -0.4 is 19.5 Å². The maximum atomic E-state index is 13.0. The van der Waals surface area contributed by atoms with E-state index in [1.165, 1.54) is 12.1 Å². The highest BCUT2D eigenvalue weighted by Gasteiger charge is 2.29. The second-order valence-corrected chi connectivity index (χ2v) is 10.8. The number of aromatic nitrogens is 1. The van der Waals surface area contributed by atoms with Crippen molar-refractivity contribution in [2.24, 2.45) is 5.92 Å². The molecule has 0 saturated heterocycles. The molecule has 1 aliphatic rings. The number of amides is 1. The summed E-state index contributed by atoms with van der Waals surface area (Å²) in [6.45, 7) is 7.06. The number of aryl methyl sites for hydroxylation is 2. The van der Waals surface area contributed by atoms with Gasteiger partial charge in [-0.3, -0.25) is 4.79 Å². The zero-order valence-corrected chi connectivity index (χ0v) is 20.4. The molecule has 0 radical (unpaired) electrons. The number of nitrogens with one attached hydrogen (secondary N) is 2. The predicted molar refractivity (Wildman–Crippen MR) is 124 cm³/mol. The van der Waals surface area contributed by atoms with E-state index < -0.39 is 16.1 Å². The molecule has 2 heterocycles. The first-order chi connectivity index (χ1) is 15.3. The van der Waals surface area contributed by atoms with E-state index in [0.29, 0.717) is 31.3 Å². The average molecular weight is 482 g/mol. The number of hydrogen-bond acceptors (Lipinski definition) is 7. The van der Waals surface area contributed by atoms with Crippen LogP contribution in [-0.4, -0.2) is 45.1 Å². The minimum atomic E-state index is -3.92. The van der Waals surface area contributed by atoms with Crippen molar-refractivity contribution in [2.75, 3.05) is 19.8 Å². The molecule has 1 unspecified atom stereocenters. The Labute approximate surface area is 193 Å². The summed E-state index contributed by atoms with van der Waals surface area (Å²) in [6.07, 6.45) is 3.30. The van der Waals surface area contributed by atoms with Crippen LogP contribution in [0.3, 0.4) is 0 Å². The van der Waals surface area contributed by atoms with E-state index in [-0.39, 0.29) is 16.7 Å². The molecule has 1 aliphatic heterocycles. The predicted octanol–water partition coefficient (Wildman–Crippen LogP) is 3.05. The molecular weight excluding hydrogens is 450 g/mol. The molecule has 0 aliphatic carbocycles. The van der Waals surface area contributed by atoms with Gasteiger partial charge in [-0.05, 0) is 44.2 Å². The van der Waals surface area contributed by atoms with Gasteiger partial charge in [-0.2, -0.15) is 4.72 Å². The van der Waals surface area contributed by atoms with Gasteiger partial charge in [0.1, 0.15) is 6.04 Å². The molecule has 32 heavy (non-hydrogen) atoms. The zero-order valence-electron chi connectivity index (χ0n) is 18.7. The second-order valence-electron chi connectivity index (χ2n) is 8.13. The highest BCUT2D eigenvalue weighted by molar-refractivity contribution is 7.89. The second kappa shape index (κ2) is 11.1. The maximum absolute atomic E-state index is 13.0. The number of thiazole rings is 1. The molecule has 1 atom stereocenters. The molecule has 176 valence electrons. The zero-order chi connectivity index (χ0) is 23.1. The van der Waals surface area contributed by atoms with Crippen molar-refractivity contribution in [1.82, 2.24) is 15.0 Å². The van der Waals surface area contributed by atoms with Gasteiger partial charge in [0, 0.05) is 30.1 Å². The summed E-state index contributed by atoms with van der Waals surface area (Å²) >= 11 is 1.64. The van der Waals surface area contributed by atoms with Crippen LogP contribution in [0.2, 0.25) is 0 Å². The Bertz CT molecular complexity index is 1020. The molecule has 3 rings (SSSR count). The summed E-state index contributed by atoms with van der Waals surface area (Å²) in [7, 11) is -3.92. The van der Waals surface area contributed by atoms with Crippen molar-refractivity contribution in [3.8, 4) is 11.5 Å². The minimum Gasteiger partial charge on any atom is -0.490 e. The lowest BCUT2D eigenvalue weighted by atomic mass is 10.1. The first-order valence-electron chi connectivity index (χ1n) is 10.9. The molecule has 1 aromatic carbocycles. The van der Waals surface area contributed by atoms with E-state index in [0.717, 1.165) is 36.4 Å². The van der Waals surface area contributed by atoms with Crippen molar-refractivity contribution in [1.29, 1.82) is 0 Å². The van der Waals surface area contributed by atoms with Crippen molar-refractivity contribution in [3.05, 3.63) is 34.3 Å². The molecule has 2 N–H and O–H groups in total. The number of carbonyl (C=O) groups is 1. The van der Waals surface area contributed by atoms with Gasteiger partial charge in [-0.15, -0.1) is 11.3 Å². The van der Waals surface area contributed by atoms with Crippen LogP contribution in [0.15, 0.2) is 28.5 Å². The fourth-order valence-electron chi connectivity index (χ4n) is 3.28. The van der Waals surface area contributed by atoms with E-state index in [9.17, 15) is 13.2 Å². The van der Waals surface area contributed by atoms with Crippen molar-refractivity contribution in [2.45, 2.75) is 57.4 Å². The van der Waals surface area contributed by atoms with Crippen LogP contribution in [0.1, 0.15) is 43.8 Å². The Balaban J connectivity index is 1.56. The normalized spacial score (nSPS) is 14.8. The third-order valence-corrected chi connectivity index (χ3v) is 7.51. The van der Waals surface area contributed by atoms with Crippen LogP contribution in [0, 0.1) is 12.8 Å². The van der Waals surface area contributed by atoms with Gasteiger partial charge >= 0.3 is 0 Å². The Kier molecular flexibility index (Phi) is 8.50. The smallest absolute Gasteiger partial charge is 0.241 e. The van der Waals surface area contributed by atoms with E-state index in [1.807, 2.05) is 26.2 Å². The van der Waals surface area contributed by atoms with Crippen LogP contribution in [0.4, 0.5) is 0 Å². The van der Waals surface area contributed by atoms with E-state index in [4.69, 9.17) is 9.47 Å².